The minimum Gasteiger partial charge on any atom is -0.393 e. The first kappa shape index (κ1) is 15.5. The first-order valence-electron chi connectivity index (χ1n) is 7.72. The number of likely N-dealkylation sites (tertiary alicyclic amines) is 1. The molecule has 3 rings (SSSR count). The molecule has 0 amide bonds. The summed E-state index contributed by atoms with van der Waals surface area (Å²) in [5, 5.41) is 15.3. The summed E-state index contributed by atoms with van der Waals surface area (Å²) in [6.07, 6.45) is 5.47. The van der Waals surface area contributed by atoms with Gasteiger partial charge < -0.3 is 5.11 Å². The molecule has 1 aliphatic heterocycles. The second-order valence-corrected chi connectivity index (χ2v) is 6.64. The molecule has 0 saturated carbocycles. The van der Waals surface area contributed by atoms with Crippen LogP contribution in [0.1, 0.15) is 17.5 Å². The van der Waals surface area contributed by atoms with E-state index in [0.29, 0.717) is 0 Å². The lowest BCUT2D eigenvalue weighted by Crippen LogP contribution is -2.43. The third kappa shape index (κ3) is 3.88. The predicted octanol–water partition coefficient (Wildman–Crippen LogP) is 2.50. The Morgan fingerprint density at radius 1 is 1.27 bits per heavy atom. The SMILES string of the molecule is Cn1cc(CN2CC[C@H](O)[C@H](Cc3ccc(Cl)cc3)C2)cn1. The molecule has 1 aromatic heterocycles. The second kappa shape index (κ2) is 6.82. The Morgan fingerprint density at radius 3 is 2.73 bits per heavy atom. The fourth-order valence-electron chi connectivity index (χ4n) is 3.17. The van der Waals surface area contributed by atoms with E-state index in [4.69, 9.17) is 11.6 Å². The van der Waals surface area contributed by atoms with E-state index in [1.54, 1.807) is 0 Å². The molecule has 0 bridgehead atoms. The van der Waals surface area contributed by atoms with Crippen molar-refractivity contribution in [1.29, 1.82) is 0 Å². The summed E-state index contributed by atoms with van der Waals surface area (Å²) in [6, 6.07) is 7.93. The van der Waals surface area contributed by atoms with Gasteiger partial charge in [0.1, 0.15) is 0 Å². The van der Waals surface area contributed by atoms with Gasteiger partial charge in [-0.05, 0) is 30.5 Å². The highest BCUT2D eigenvalue weighted by atomic mass is 35.5. The molecular weight excluding hydrogens is 298 g/mol. The van der Waals surface area contributed by atoms with Crippen molar-refractivity contribution >= 4 is 11.6 Å². The molecule has 2 heterocycles. The Bertz CT molecular complexity index is 611. The van der Waals surface area contributed by atoms with Crippen LogP contribution in [-0.4, -0.2) is 39.0 Å². The minimum absolute atomic E-state index is 0.221. The zero-order valence-electron chi connectivity index (χ0n) is 12.8. The van der Waals surface area contributed by atoms with E-state index in [0.717, 1.165) is 37.5 Å². The van der Waals surface area contributed by atoms with Crippen LogP contribution in [0, 0.1) is 5.92 Å². The number of halogens is 1. The maximum absolute atomic E-state index is 10.3. The molecular formula is C17H22ClN3O. The lowest BCUT2D eigenvalue weighted by molar-refractivity contribution is 0.0239. The third-order valence-corrected chi connectivity index (χ3v) is 4.61. The van der Waals surface area contributed by atoms with Gasteiger partial charge in [-0.1, -0.05) is 23.7 Å². The van der Waals surface area contributed by atoms with E-state index in [1.807, 2.05) is 30.1 Å². The number of aromatic nitrogens is 2. The number of aliphatic hydroxyl groups excluding tert-OH is 1. The predicted molar refractivity (Wildman–Crippen MR) is 87.8 cm³/mol. The van der Waals surface area contributed by atoms with Crippen LogP contribution in [0.3, 0.4) is 0 Å². The number of nitrogens with zero attached hydrogens (tertiary/aromatic N) is 3. The van der Waals surface area contributed by atoms with Gasteiger partial charge in [0.15, 0.2) is 0 Å². The Balaban J connectivity index is 1.61. The largest absolute Gasteiger partial charge is 0.393 e. The van der Waals surface area contributed by atoms with Crippen molar-refractivity contribution in [2.24, 2.45) is 13.0 Å². The number of rotatable bonds is 4. The van der Waals surface area contributed by atoms with Crippen molar-refractivity contribution in [3.63, 3.8) is 0 Å². The zero-order chi connectivity index (χ0) is 15.5. The van der Waals surface area contributed by atoms with Crippen LogP contribution in [0.15, 0.2) is 36.7 Å². The molecule has 2 aromatic rings. The van der Waals surface area contributed by atoms with E-state index in [2.05, 4.69) is 28.3 Å². The molecule has 1 saturated heterocycles. The third-order valence-electron chi connectivity index (χ3n) is 4.35. The highest BCUT2D eigenvalue weighted by Gasteiger charge is 2.27. The van der Waals surface area contributed by atoms with Crippen molar-refractivity contribution in [3.8, 4) is 0 Å². The van der Waals surface area contributed by atoms with Crippen molar-refractivity contribution in [2.45, 2.75) is 25.5 Å². The smallest absolute Gasteiger partial charge is 0.0596 e. The summed E-state index contributed by atoms with van der Waals surface area (Å²) in [6.45, 7) is 2.75. The van der Waals surface area contributed by atoms with Crippen LogP contribution in [0.2, 0.25) is 5.02 Å². The molecule has 0 radical (unpaired) electrons. The highest BCUT2D eigenvalue weighted by molar-refractivity contribution is 6.30. The molecule has 1 N–H and O–H groups in total. The molecule has 22 heavy (non-hydrogen) atoms. The van der Waals surface area contributed by atoms with Gasteiger partial charge in [0.25, 0.3) is 0 Å². The van der Waals surface area contributed by atoms with Gasteiger partial charge in [0.2, 0.25) is 0 Å². The summed E-state index contributed by atoms with van der Waals surface area (Å²) < 4.78 is 1.83. The van der Waals surface area contributed by atoms with Crippen molar-refractivity contribution in [3.05, 3.63) is 52.8 Å². The number of benzene rings is 1. The molecule has 0 unspecified atom stereocenters. The monoisotopic (exact) mass is 319 g/mol. The molecule has 4 nitrogen and oxygen atoms in total. The van der Waals surface area contributed by atoms with Gasteiger partial charge >= 0.3 is 0 Å². The van der Waals surface area contributed by atoms with Gasteiger partial charge in [-0.3, -0.25) is 9.58 Å². The number of aryl methyl sites for hydroxylation is 1. The first-order valence-corrected chi connectivity index (χ1v) is 8.10. The Kier molecular flexibility index (Phi) is 4.81. The van der Waals surface area contributed by atoms with Crippen LogP contribution in [0.4, 0.5) is 0 Å². The summed E-state index contributed by atoms with van der Waals surface area (Å²) in [5.41, 5.74) is 2.46. The first-order chi connectivity index (χ1) is 10.6. The molecule has 0 spiro atoms. The lowest BCUT2D eigenvalue weighted by atomic mass is 9.88. The fraction of sp³-hybridized carbons (Fsp3) is 0.471. The average molecular weight is 320 g/mol. The molecule has 1 fully saturated rings. The minimum atomic E-state index is -0.221. The van der Waals surface area contributed by atoms with Crippen molar-refractivity contribution < 1.29 is 5.11 Å². The van der Waals surface area contributed by atoms with Crippen LogP contribution < -0.4 is 0 Å². The maximum Gasteiger partial charge on any atom is 0.0596 e. The average Bonchev–Trinajstić information content (AvgIpc) is 2.90. The summed E-state index contributed by atoms with van der Waals surface area (Å²) in [4.78, 5) is 2.41. The van der Waals surface area contributed by atoms with E-state index in [1.165, 1.54) is 11.1 Å². The number of hydrogen-bond acceptors (Lipinski definition) is 3. The highest BCUT2D eigenvalue weighted by Crippen LogP contribution is 2.23. The fourth-order valence-corrected chi connectivity index (χ4v) is 3.30. The summed E-state index contributed by atoms with van der Waals surface area (Å²) >= 11 is 5.93. The topological polar surface area (TPSA) is 41.3 Å². The van der Waals surface area contributed by atoms with Gasteiger partial charge in [0.05, 0.1) is 12.3 Å². The molecule has 0 aliphatic carbocycles. The number of hydrogen-bond donors (Lipinski definition) is 1. The lowest BCUT2D eigenvalue weighted by Gasteiger charge is -2.36. The molecule has 1 aromatic carbocycles. The Hall–Kier alpha value is -1.36. The van der Waals surface area contributed by atoms with Crippen LogP contribution in [-0.2, 0) is 20.0 Å². The Labute approximate surface area is 136 Å². The zero-order valence-corrected chi connectivity index (χ0v) is 13.6. The second-order valence-electron chi connectivity index (χ2n) is 6.20. The van der Waals surface area contributed by atoms with Crippen LogP contribution in [0.5, 0.6) is 0 Å². The molecule has 2 atom stereocenters. The Morgan fingerprint density at radius 2 is 2.05 bits per heavy atom. The maximum atomic E-state index is 10.3. The quantitative estimate of drug-likeness (QED) is 0.941. The summed E-state index contributed by atoms with van der Waals surface area (Å²) in [5.74, 6) is 0.270. The normalized spacial score (nSPS) is 22.9. The van der Waals surface area contributed by atoms with Gasteiger partial charge in [-0.25, -0.2) is 0 Å². The molecule has 118 valence electrons. The van der Waals surface area contributed by atoms with E-state index >= 15 is 0 Å². The standard InChI is InChI=1S/C17H22ClN3O/c1-20-10-14(9-19-20)11-21-7-6-17(22)15(12-21)8-13-2-4-16(18)5-3-13/h2-5,9-10,15,17,22H,6-8,11-12H2,1H3/t15-,17+/m1/s1. The number of piperidine rings is 1. The van der Waals surface area contributed by atoms with Crippen LogP contribution in [0.25, 0.3) is 0 Å². The molecule has 5 heteroatoms. The van der Waals surface area contributed by atoms with E-state index < -0.39 is 0 Å². The van der Waals surface area contributed by atoms with Crippen molar-refractivity contribution in [1.82, 2.24) is 14.7 Å². The van der Waals surface area contributed by atoms with Gasteiger partial charge in [-0.2, -0.15) is 5.10 Å². The van der Waals surface area contributed by atoms with E-state index in [9.17, 15) is 5.11 Å². The summed E-state index contributed by atoms with van der Waals surface area (Å²) in [7, 11) is 1.94. The van der Waals surface area contributed by atoms with Gasteiger partial charge in [-0.15, -0.1) is 0 Å². The molecule has 1 aliphatic rings. The van der Waals surface area contributed by atoms with Crippen LogP contribution >= 0.6 is 11.6 Å². The number of aliphatic hydroxyl groups is 1. The van der Waals surface area contributed by atoms with Crippen molar-refractivity contribution in [2.75, 3.05) is 13.1 Å². The van der Waals surface area contributed by atoms with E-state index in [-0.39, 0.29) is 12.0 Å². The van der Waals surface area contributed by atoms with Gasteiger partial charge in [0, 0.05) is 49.4 Å².